The van der Waals surface area contributed by atoms with Gasteiger partial charge in [-0.3, -0.25) is 9.78 Å². The van der Waals surface area contributed by atoms with Gasteiger partial charge < -0.3 is 14.8 Å². The van der Waals surface area contributed by atoms with Crippen molar-refractivity contribution in [2.24, 2.45) is 5.92 Å². The number of nitrogens with one attached hydrogen (secondary N) is 1. The number of pyridine rings is 1. The second kappa shape index (κ2) is 10.5. The highest BCUT2D eigenvalue weighted by Gasteiger charge is 2.53. The van der Waals surface area contributed by atoms with Crippen LogP contribution in [0, 0.1) is 5.92 Å². The first-order valence-electron chi connectivity index (χ1n) is 11.6. The minimum atomic E-state index is -0.771. The normalized spacial score (nSPS) is 13.4. The number of unbranched alkanes of at least 4 members (excludes halogenated alkanes) is 1. The van der Waals surface area contributed by atoms with E-state index in [2.05, 4.69) is 16.4 Å². The number of hydrogen-bond donors (Lipinski definition) is 1. The third-order valence-electron chi connectivity index (χ3n) is 6.50. The minimum Gasteiger partial charge on any atom is -0.497 e. The van der Waals surface area contributed by atoms with Gasteiger partial charge in [-0.15, -0.1) is 0 Å². The summed E-state index contributed by atoms with van der Waals surface area (Å²) in [6.07, 6.45) is 8.61. The number of amides is 1. The molecule has 1 aliphatic rings. The van der Waals surface area contributed by atoms with E-state index in [9.17, 15) is 4.79 Å². The lowest BCUT2D eigenvalue weighted by Crippen LogP contribution is -2.47. The Hall–Kier alpha value is -3.34. The van der Waals surface area contributed by atoms with Gasteiger partial charge in [0.2, 0.25) is 5.91 Å². The molecule has 0 unspecified atom stereocenters. The van der Waals surface area contributed by atoms with Crippen molar-refractivity contribution in [3.63, 3.8) is 0 Å². The number of nitrogens with zero attached hydrogens (tertiary/aromatic N) is 1. The van der Waals surface area contributed by atoms with E-state index in [0.717, 1.165) is 54.7 Å². The molecule has 0 saturated heterocycles. The first-order chi connectivity index (χ1) is 16.2. The Bertz CT molecular complexity index is 1020. The average Bonchev–Trinajstić information content (AvgIpc) is 3.71. The van der Waals surface area contributed by atoms with Crippen LogP contribution in [0.5, 0.6) is 11.5 Å². The Morgan fingerprint density at radius 2 is 1.64 bits per heavy atom. The zero-order valence-corrected chi connectivity index (χ0v) is 19.4. The number of ether oxygens (including phenoxy) is 2. The maximum Gasteiger partial charge on any atom is 0.235 e. The van der Waals surface area contributed by atoms with Gasteiger partial charge in [-0.2, -0.15) is 0 Å². The fraction of sp³-hybridized carbons (Fsp3) is 0.357. The van der Waals surface area contributed by atoms with Crippen LogP contribution in [-0.2, 0) is 16.6 Å². The number of aromatic nitrogens is 1. The van der Waals surface area contributed by atoms with Crippen molar-refractivity contribution in [1.82, 2.24) is 10.3 Å². The molecule has 1 saturated carbocycles. The SMILES string of the molecule is COc1cccc(C(C(=O)NCCCCc2cccnc2)(c2cccc(OC)c2)C2CC2)c1. The molecule has 5 nitrogen and oxygen atoms in total. The van der Waals surface area contributed by atoms with Gasteiger partial charge in [-0.05, 0) is 85.0 Å². The van der Waals surface area contributed by atoms with E-state index in [1.54, 1.807) is 20.4 Å². The Labute approximate surface area is 196 Å². The van der Waals surface area contributed by atoms with Crippen molar-refractivity contribution in [2.45, 2.75) is 37.5 Å². The summed E-state index contributed by atoms with van der Waals surface area (Å²) in [5.74, 6) is 1.80. The average molecular weight is 445 g/mol. The predicted molar refractivity (Wildman–Crippen MR) is 130 cm³/mol. The highest BCUT2D eigenvalue weighted by atomic mass is 16.5. The number of aryl methyl sites for hydroxylation is 1. The molecule has 33 heavy (non-hydrogen) atoms. The second-order valence-corrected chi connectivity index (χ2v) is 8.62. The summed E-state index contributed by atoms with van der Waals surface area (Å²) in [5.41, 5.74) is 2.38. The molecular formula is C28H32N2O3. The third-order valence-corrected chi connectivity index (χ3v) is 6.50. The first kappa shape index (κ1) is 22.8. The Balaban J connectivity index is 1.58. The molecule has 172 valence electrons. The lowest BCUT2D eigenvalue weighted by Gasteiger charge is -2.34. The molecule has 1 fully saturated rings. The Morgan fingerprint density at radius 1 is 0.970 bits per heavy atom. The maximum absolute atomic E-state index is 14.0. The molecule has 0 spiro atoms. The predicted octanol–water partition coefficient (Wildman–Crippen LogP) is 4.93. The fourth-order valence-electron chi connectivity index (χ4n) is 4.68. The molecule has 1 aromatic heterocycles. The summed E-state index contributed by atoms with van der Waals surface area (Å²) < 4.78 is 11.0. The van der Waals surface area contributed by atoms with Gasteiger partial charge in [-0.1, -0.05) is 30.3 Å². The zero-order chi connectivity index (χ0) is 23.1. The number of methoxy groups -OCH3 is 2. The van der Waals surface area contributed by atoms with Crippen molar-refractivity contribution >= 4 is 5.91 Å². The quantitative estimate of drug-likeness (QED) is 0.426. The lowest BCUT2D eigenvalue weighted by molar-refractivity contribution is -0.126. The van der Waals surface area contributed by atoms with Crippen LogP contribution in [-0.4, -0.2) is 31.7 Å². The van der Waals surface area contributed by atoms with Crippen molar-refractivity contribution in [2.75, 3.05) is 20.8 Å². The van der Waals surface area contributed by atoms with Gasteiger partial charge in [0.15, 0.2) is 0 Å². The van der Waals surface area contributed by atoms with E-state index in [1.807, 2.05) is 60.8 Å². The number of hydrogen-bond acceptors (Lipinski definition) is 4. The highest BCUT2D eigenvalue weighted by molar-refractivity contribution is 5.93. The molecule has 1 heterocycles. The summed E-state index contributed by atoms with van der Waals surface area (Å²) in [4.78, 5) is 18.2. The fourth-order valence-corrected chi connectivity index (χ4v) is 4.68. The van der Waals surface area contributed by atoms with E-state index in [-0.39, 0.29) is 11.8 Å². The van der Waals surface area contributed by atoms with Gasteiger partial charge in [0.25, 0.3) is 0 Å². The van der Waals surface area contributed by atoms with Crippen LogP contribution in [0.15, 0.2) is 73.1 Å². The van der Waals surface area contributed by atoms with Crippen LogP contribution in [0.4, 0.5) is 0 Å². The summed E-state index contributed by atoms with van der Waals surface area (Å²) >= 11 is 0. The monoisotopic (exact) mass is 444 g/mol. The van der Waals surface area contributed by atoms with Gasteiger partial charge >= 0.3 is 0 Å². The van der Waals surface area contributed by atoms with Crippen molar-refractivity contribution in [1.29, 1.82) is 0 Å². The van der Waals surface area contributed by atoms with Crippen LogP contribution in [0.3, 0.4) is 0 Å². The molecule has 0 bridgehead atoms. The van der Waals surface area contributed by atoms with Crippen LogP contribution in [0.1, 0.15) is 42.4 Å². The van der Waals surface area contributed by atoms with E-state index < -0.39 is 5.41 Å². The molecule has 1 aliphatic carbocycles. The van der Waals surface area contributed by atoms with Gasteiger partial charge in [-0.25, -0.2) is 0 Å². The van der Waals surface area contributed by atoms with E-state index in [4.69, 9.17) is 9.47 Å². The topological polar surface area (TPSA) is 60.5 Å². The molecule has 2 aromatic carbocycles. The summed E-state index contributed by atoms with van der Waals surface area (Å²) in [6.45, 7) is 0.640. The second-order valence-electron chi connectivity index (χ2n) is 8.62. The van der Waals surface area contributed by atoms with Crippen LogP contribution in [0.2, 0.25) is 0 Å². The molecule has 1 N–H and O–H groups in total. The third kappa shape index (κ3) is 5.03. The smallest absolute Gasteiger partial charge is 0.235 e. The lowest BCUT2D eigenvalue weighted by atomic mass is 9.69. The summed E-state index contributed by atoms with van der Waals surface area (Å²) in [5, 5.41) is 3.27. The van der Waals surface area contributed by atoms with Gasteiger partial charge in [0.1, 0.15) is 16.9 Å². The Morgan fingerprint density at radius 3 is 2.18 bits per heavy atom. The zero-order valence-electron chi connectivity index (χ0n) is 19.4. The van der Waals surface area contributed by atoms with Crippen molar-refractivity contribution < 1.29 is 14.3 Å². The molecule has 0 radical (unpaired) electrons. The van der Waals surface area contributed by atoms with Crippen molar-refractivity contribution in [3.8, 4) is 11.5 Å². The molecule has 3 aromatic rings. The largest absolute Gasteiger partial charge is 0.497 e. The van der Waals surface area contributed by atoms with Crippen molar-refractivity contribution in [3.05, 3.63) is 89.7 Å². The first-order valence-corrected chi connectivity index (χ1v) is 11.6. The maximum atomic E-state index is 14.0. The Kier molecular flexibility index (Phi) is 7.28. The van der Waals surface area contributed by atoms with E-state index in [0.29, 0.717) is 6.54 Å². The molecule has 1 amide bonds. The van der Waals surface area contributed by atoms with Gasteiger partial charge in [0, 0.05) is 18.9 Å². The van der Waals surface area contributed by atoms with Crippen LogP contribution >= 0.6 is 0 Å². The molecular weight excluding hydrogens is 412 g/mol. The van der Waals surface area contributed by atoms with E-state index in [1.165, 1.54) is 5.56 Å². The number of rotatable bonds is 11. The number of carbonyl (C=O) groups excluding carboxylic acids is 1. The standard InChI is InChI=1S/C28H32N2O3/c1-32-25-12-5-10-23(18-25)28(22-14-15-22,24-11-6-13-26(19-24)33-2)27(31)30-17-4-3-8-21-9-7-16-29-20-21/h5-7,9-13,16,18-20,22H,3-4,8,14-15,17H2,1-2H3,(H,30,31). The summed E-state index contributed by atoms with van der Waals surface area (Å²) in [6, 6.07) is 19.9. The van der Waals surface area contributed by atoms with Crippen LogP contribution in [0.25, 0.3) is 0 Å². The van der Waals surface area contributed by atoms with Crippen LogP contribution < -0.4 is 14.8 Å². The molecule has 5 heteroatoms. The van der Waals surface area contributed by atoms with E-state index >= 15 is 0 Å². The number of carbonyl (C=O) groups is 1. The minimum absolute atomic E-state index is 0.0490. The number of benzene rings is 2. The molecule has 0 atom stereocenters. The highest BCUT2D eigenvalue weighted by Crippen LogP contribution is 2.52. The van der Waals surface area contributed by atoms with Gasteiger partial charge in [0.05, 0.1) is 14.2 Å². The summed E-state index contributed by atoms with van der Waals surface area (Å²) in [7, 11) is 3.32. The molecule has 4 rings (SSSR count). The molecule has 0 aliphatic heterocycles.